The van der Waals surface area contributed by atoms with Crippen molar-refractivity contribution in [2.24, 2.45) is 5.92 Å². The summed E-state index contributed by atoms with van der Waals surface area (Å²) in [5.74, 6) is 2.67. The smallest absolute Gasteiger partial charge is 0.119 e. The van der Waals surface area contributed by atoms with Crippen LogP contribution in [0.1, 0.15) is 101 Å². The molecule has 2 fully saturated rings. The molecule has 0 unspecified atom stereocenters. The van der Waals surface area contributed by atoms with Gasteiger partial charge in [0.05, 0.1) is 6.61 Å². The standard InChI is InChI=1S/C38H62N2OSi/c1-5-6-7-8-9-10-31-41-38-19-15-35(16-20-38)36-23-27-39(28-24-36)26-11-12-33-21-29-40(30-22-33)37-17-13-34(14-18-37)25-32-42(2,3)4/h13-20,33,36H,5-12,21-32H2,1-4H3. The van der Waals surface area contributed by atoms with Crippen LogP contribution in [0.3, 0.4) is 0 Å². The van der Waals surface area contributed by atoms with Crippen molar-refractivity contribution in [3.05, 3.63) is 59.7 Å². The summed E-state index contributed by atoms with van der Waals surface area (Å²) in [6.45, 7) is 16.8. The highest BCUT2D eigenvalue weighted by Crippen LogP contribution is 2.31. The Labute approximate surface area is 260 Å². The molecule has 3 nitrogen and oxygen atoms in total. The molecule has 0 radical (unpaired) electrons. The molecule has 2 saturated heterocycles. The number of rotatable bonds is 17. The second kappa shape index (κ2) is 17.5. The van der Waals surface area contributed by atoms with Crippen molar-refractivity contribution < 1.29 is 4.74 Å². The third-order valence-electron chi connectivity index (χ3n) is 9.87. The molecule has 2 aromatic rings. The van der Waals surface area contributed by atoms with Crippen LogP contribution in [0.5, 0.6) is 5.75 Å². The first-order chi connectivity index (χ1) is 20.4. The average Bonchev–Trinajstić information content (AvgIpc) is 3.01. The second-order valence-corrected chi connectivity index (χ2v) is 20.2. The second-order valence-electron chi connectivity index (χ2n) is 14.6. The van der Waals surface area contributed by atoms with Crippen LogP contribution in [0.2, 0.25) is 25.7 Å². The summed E-state index contributed by atoms with van der Waals surface area (Å²) in [5.41, 5.74) is 4.46. The normalized spacial score (nSPS) is 17.6. The van der Waals surface area contributed by atoms with Crippen LogP contribution in [0.15, 0.2) is 48.5 Å². The van der Waals surface area contributed by atoms with Gasteiger partial charge >= 0.3 is 0 Å². The van der Waals surface area contributed by atoms with E-state index in [1.165, 1.54) is 139 Å². The topological polar surface area (TPSA) is 15.7 Å². The van der Waals surface area contributed by atoms with Crippen LogP contribution in [0.25, 0.3) is 0 Å². The minimum Gasteiger partial charge on any atom is -0.494 e. The van der Waals surface area contributed by atoms with Crippen LogP contribution < -0.4 is 9.64 Å². The molecule has 0 atom stereocenters. The number of aryl methyl sites for hydroxylation is 1. The summed E-state index contributed by atoms with van der Waals surface area (Å²) in [4.78, 5) is 5.35. The molecule has 0 aliphatic carbocycles. The van der Waals surface area contributed by atoms with Crippen molar-refractivity contribution in [1.29, 1.82) is 0 Å². The Balaban J connectivity index is 1.06. The van der Waals surface area contributed by atoms with E-state index in [2.05, 4.69) is 84.9 Å². The molecule has 2 aromatic carbocycles. The SMILES string of the molecule is CCCCCCCCOc1ccc(C2CCN(CCCC3CCN(c4ccc(CC[Si](C)(C)C)cc4)CC3)CC2)cc1. The van der Waals surface area contributed by atoms with E-state index in [-0.39, 0.29) is 0 Å². The fraction of sp³-hybridized carbons (Fsp3) is 0.684. The molecule has 2 heterocycles. The maximum atomic E-state index is 6.01. The van der Waals surface area contributed by atoms with Gasteiger partial charge in [0.2, 0.25) is 0 Å². The quantitative estimate of drug-likeness (QED) is 0.135. The van der Waals surface area contributed by atoms with Gasteiger partial charge in [-0.2, -0.15) is 0 Å². The predicted molar refractivity (Wildman–Crippen MR) is 186 cm³/mol. The first-order valence-electron chi connectivity index (χ1n) is 17.7. The molecule has 2 aliphatic rings. The largest absolute Gasteiger partial charge is 0.494 e. The highest BCUT2D eigenvalue weighted by molar-refractivity contribution is 6.76. The van der Waals surface area contributed by atoms with Gasteiger partial charge in [-0.15, -0.1) is 0 Å². The first kappa shape index (κ1) is 33.1. The molecule has 42 heavy (non-hydrogen) atoms. The Morgan fingerprint density at radius 2 is 1.40 bits per heavy atom. The molecule has 4 heteroatoms. The molecule has 0 N–H and O–H groups in total. The van der Waals surface area contributed by atoms with Crippen molar-refractivity contribution in [3.63, 3.8) is 0 Å². The van der Waals surface area contributed by atoms with Crippen LogP contribution in [0.4, 0.5) is 5.69 Å². The van der Waals surface area contributed by atoms with Gasteiger partial charge in [-0.25, -0.2) is 0 Å². The number of benzene rings is 2. The first-order valence-corrected chi connectivity index (χ1v) is 21.4. The molecule has 0 aromatic heterocycles. The van der Waals surface area contributed by atoms with Crippen LogP contribution in [-0.2, 0) is 6.42 Å². The van der Waals surface area contributed by atoms with Crippen LogP contribution in [-0.4, -0.2) is 52.3 Å². The molecule has 2 aliphatic heterocycles. The van der Waals surface area contributed by atoms with Gasteiger partial charge < -0.3 is 14.5 Å². The van der Waals surface area contributed by atoms with Gasteiger partial charge in [0.1, 0.15) is 5.75 Å². The number of likely N-dealkylation sites (tertiary alicyclic amines) is 1. The number of nitrogens with zero attached hydrogens (tertiary/aromatic N) is 2. The fourth-order valence-electron chi connectivity index (χ4n) is 6.87. The molecule has 0 spiro atoms. The van der Waals surface area contributed by atoms with E-state index in [0.29, 0.717) is 5.92 Å². The zero-order valence-corrected chi connectivity index (χ0v) is 28.7. The van der Waals surface area contributed by atoms with E-state index < -0.39 is 8.07 Å². The lowest BCUT2D eigenvalue weighted by Gasteiger charge is -2.35. The molecule has 4 rings (SSSR count). The Hall–Kier alpha value is -1.78. The predicted octanol–water partition coefficient (Wildman–Crippen LogP) is 10.2. The summed E-state index contributed by atoms with van der Waals surface area (Å²) < 4.78 is 6.01. The van der Waals surface area contributed by atoms with Gasteiger partial charge in [0, 0.05) is 26.9 Å². The summed E-state index contributed by atoms with van der Waals surface area (Å²) in [7, 11) is -0.961. The van der Waals surface area contributed by atoms with E-state index in [1.807, 2.05) is 0 Å². The fourth-order valence-corrected chi connectivity index (χ4v) is 7.91. The molecule has 0 saturated carbocycles. The number of unbranched alkanes of at least 4 members (excludes halogenated alkanes) is 5. The lowest BCUT2D eigenvalue weighted by Crippen LogP contribution is -2.35. The maximum Gasteiger partial charge on any atom is 0.119 e. The van der Waals surface area contributed by atoms with E-state index in [0.717, 1.165) is 18.3 Å². The third kappa shape index (κ3) is 11.7. The maximum absolute atomic E-state index is 6.01. The monoisotopic (exact) mass is 590 g/mol. The van der Waals surface area contributed by atoms with Crippen molar-refractivity contribution in [1.82, 2.24) is 4.90 Å². The van der Waals surface area contributed by atoms with Gasteiger partial charge in [-0.05, 0) is 118 Å². The summed E-state index contributed by atoms with van der Waals surface area (Å²) in [5, 5.41) is 0. The minimum absolute atomic E-state index is 0.715. The number of ether oxygens (including phenoxy) is 1. The summed E-state index contributed by atoms with van der Waals surface area (Å²) in [6, 6.07) is 20.0. The molecule has 0 bridgehead atoms. The lowest BCUT2D eigenvalue weighted by molar-refractivity contribution is 0.202. The Bertz CT molecular complexity index is 983. The van der Waals surface area contributed by atoms with Crippen molar-refractivity contribution >= 4 is 13.8 Å². The lowest BCUT2D eigenvalue weighted by atomic mass is 9.89. The Morgan fingerprint density at radius 3 is 2.07 bits per heavy atom. The van der Waals surface area contributed by atoms with Crippen molar-refractivity contribution in [3.8, 4) is 5.75 Å². The van der Waals surface area contributed by atoms with Crippen LogP contribution >= 0.6 is 0 Å². The molecule has 0 amide bonds. The Kier molecular flexibility index (Phi) is 13.8. The zero-order valence-electron chi connectivity index (χ0n) is 27.7. The Morgan fingerprint density at radius 1 is 0.738 bits per heavy atom. The van der Waals surface area contributed by atoms with Gasteiger partial charge in [0.15, 0.2) is 0 Å². The van der Waals surface area contributed by atoms with Crippen molar-refractivity contribution in [2.45, 2.75) is 122 Å². The van der Waals surface area contributed by atoms with Gasteiger partial charge in [0.25, 0.3) is 0 Å². The van der Waals surface area contributed by atoms with Crippen molar-refractivity contribution in [2.75, 3.05) is 44.2 Å². The molecular formula is C38H62N2OSi. The highest BCUT2D eigenvalue weighted by atomic mass is 28.3. The van der Waals surface area contributed by atoms with E-state index >= 15 is 0 Å². The van der Waals surface area contributed by atoms with Gasteiger partial charge in [-0.3, -0.25) is 0 Å². The van der Waals surface area contributed by atoms with Gasteiger partial charge in [-0.1, -0.05) is 89.0 Å². The highest BCUT2D eigenvalue weighted by Gasteiger charge is 2.22. The summed E-state index contributed by atoms with van der Waals surface area (Å²) >= 11 is 0. The van der Waals surface area contributed by atoms with E-state index in [4.69, 9.17) is 4.74 Å². The number of hydrogen-bond acceptors (Lipinski definition) is 3. The summed E-state index contributed by atoms with van der Waals surface area (Å²) in [6.07, 6.45) is 17.2. The minimum atomic E-state index is -0.961. The molecular weight excluding hydrogens is 529 g/mol. The number of piperidine rings is 2. The van der Waals surface area contributed by atoms with E-state index in [1.54, 1.807) is 0 Å². The van der Waals surface area contributed by atoms with E-state index in [9.17, 15) is 0 Å². The van der Waals surface area contributed by atoms with Crippen LogP contribution in [0, 0.1) is 5.92 Å². The zero-order chi connectivity index (χ0) is 29.6. The number of hydrogen-bond donors (Lipinski definition) is 0. The molecule has 234 valence electrons. The third-order valence-corrected chi connectivity index (χ3v) is 11.6. The number of anilines is 1. The average molecular weight is 591 g/mol.